The Morgan fingerprint density at radius 1 is 1.09 bits per heavy atom. The largest absolute Gasteiger partial charge is 0.361 e. The van der Waals surface area contributed by atoms with Crippen LogP contribution in [0.25, 0.3) is 10.9 Å². The molecule has 7 heteroatoms. The highest BCUT2D eigenvalue weighted by atomic mass is 16.2. The van der Waals surface area contributed by atoms with Gasteiger partial charge >= 0.3 is 0 Å². The van der Waals surface area contributed by atoms with Crippen LogP contribution < -0.4 is 10.7 Å². The molecule has 1 aromatic carbocycles. The molecule has 1 aliphatic rings. The summed E-state index contributed by atoms with van der Waals surface area (Å²) in [7, 11) is 3.22. The quantitative estimate of drug-likeness (QED) is 0.579. The molecule has 2 heterocycles. The van der Waals surface area contributed by atoms with Gasteiger partial charge in [-0.2, -0.15) is 0 Å². The molecule has 4 rings (SSSR count). The van der Waals surface area contributed by atoms with Crippen LogP contribution in [0.15, 0.2) is 47.7 Å². The van der Waals surface area contributed by atoms with Crippen LogP contribution in [0.2, 0.25) is 0 Å². The van der Waals surface area contributed by atoms with E-state index in [-0.39, 0.29) is 17.0 Å². The molecule has 2 amide bonds. The van der Waals surface area contributed by atoms with Gasteiger partial charge in [-0.25, -0.2) is 0 Å². The van der Waals surface area contributed by atoms with Crippen LogP contribution >= 0.6 is 0 Å². The first-order chi connectivity index (χ1) is 15.9. The van der Waals surface area contributed by atoms with Crippen molar-refractivity contribution in [2.24, 2.45) is 5.92 Å². The highest BCUT2D eigenvalue weighted by molar-refractivity contribution is 5.99. The predicted molar refractivity (Wildman–Crippen MR) is 130 cm³/mol. The Kier molecular flexibility index (Phi) is 6.96. The van der Waals surface area contributed by atoms with Crippen molar-refractivity contribution in [1.82, 2.24) is 19.8 Å². The average Bonchev–Trinajstić information content (AvgIpc) is 3.23. The number of hydrogen-bond donors (Lipinski definition) is 2. The number of para-hydroxylation sites is 1. The third-order valence-electron chi connectivity index (χ3n) is 6.51. The van der Waals surface area contributed by atoms with Gasteiger partial charge in [-0.3, -0.25) is 14.4 Å². The van der Waals surface area contributed by atoms with Crippen LogP contribution in [-0.4, -0.2) is 46.9 Å². The van der Waals surface area contributed by atoms with E-state index < -0.39 is 11.3 Å². The van der Waals surface area contributed by atoms with Crippen molar-refractivity contribution in [3.63, 3.8) is 0 Å². The maximum Gasteiger partial charge on any atom is 0.258 e. The minimum atomic E-state index is -0.516. The van der Waals surface area contributed by atoms with Crippen molar-refractivity contribution >= 4 is 22.7 Å². The summed E-state index contributed by atoms with van der Waals surface area (Å²) in [6.45, 7) is 1.11. The zero-order valence-electron chi connectivity index (χ0n) is 19.4. The maximum absolute atomic E-state index is 13.0. The summed E-state index contributed by atoms with van der Waals surface area (Å²) in [6.07, 6.45) is 11.8. The van der Waals surface area contributed by atoms with Gasteiger partial charge < -0.3 is 19.8 Å². The number of carbonyl (C=O) groups excluding carboxylic acids is 2. The smallest absolute Gasteiger partial charge is 0.258 e. The van der Waals surface area contributed by atoms with Crippen LogP contribution in [0.3, 0.4) is 0 Å². The van der Waals surface area contributed by atoms with Gasteiger partial charge in [-0.15, -0.1) is 0 Å². The molecule has 0 radical (unpaired) electrons. The van der Waals surface area contributed by atoms with E-state index in [9.17, 15) is 14.4 Å². The van der Waals surface area contributed by atoms with Crippen LogP contribution in [0, 0.1) is 5.92 Å². The lowest BCUT2D eigenvalue weighted by atomic mass is 9.89. The zero-order chi connectivity index (χ0) is 23.4. The van der Waals surface area contributed by atoms with Crippen molar-refractivity contribution < 1.29 is 9.59 Å². The highest BCUT2D eigenvalue weighted by Crippen LogP contribution is 2.25. The maximum atomic E-state index is 13.0. The van der Waals surface area contributed by atoms with E-state index in [0.29, 0.717) is 25.4 Å². The Labute approximate surface area is 193 Å². The Balaban J connectivity index is 1.53. The molecule has 0 aliphatic heterocycles. The van der Waals surface area contributed by atoms with Gasteiger partial charge in [0.2, 0.25) is 5.43 Å². The highest BCUT2D eigenvalue weighted by Gasteiger charge is 2.22. The number of aromatic nitrogens is 2. The summed E-state index contributed by atoms with van der Waals surface area (Å²) in [4.78, 5) is 43.3. The molecule has 1 saturated carbocycles. The Bertz CT molecular complexity index is 1200. The lowest BCUT2D eigenvalue weighted by molar-refractivity contribution is 0.0825. The van der Waals surface area contributed by atoms with E-state index in [4.69, 9.17) is 0 Å². The molecule has 0 atom stereocenters. The van der Waals surface area contributed by atoms with E-state index in [1.807, 2.05) is 35.0 Å². The van der Waals surface area contributed by atoms with E-state index in [2.05, 4.69) is 10.3 Å². The number of nitrogens with one attached hydrogen (secondary N) is 2. The number of benzene rings is 1. The van der Waals surface area contributed by atoms with Gasteiger partial charge in [-0.1, -0.05) is 37.5 Å². The monoisotopic (exact) mass is 448 g/mol. The van der Waals surface area contributed by atoms with Crippen LogP contribution in [0.5, 0.6) is 0 Å². The summed E-state index contributed by atoms with van der Waals surface area (Å²) in [5.74, 6) is -0.321. The minimum absolute atomic E-state index is 0.0254. The Morgan fingerprint density at radius 3 is 2.58 bits per heavy atom. The summed E-state index contributed by atoms with van der Waals surface area (Å²) in [6, 6.07) is 8.02. The van der Waals surface area contributed by atoms with E-state index in [0.717, 1.165) is 29.3 Å². The summed E-state index contributed by atoms with van der Waals surface area (Å²) in [5, 5.41) is 4.00. The Morgan fingerprint density at radius 2 is 1.82 bits per heavy atom. The number of aromatic amines is 1. The minimum Gasteiger partial charge on any atom is -0.361 e. The number of nitrogens with zero attached hydrogens (tertiary/aromatic N) is 2. The van der Waals surface area contributed by atoms with Gasteiger partial charge in [-0.05, 0) is 36.8 Å². The SMILES string of the molecule is CN(C)C(=O)c1cn(CC2CCCCC2)cc(C(=O)NCCc2c[nH]c3ccccc23)c1=O. The first-order valence-corrected chi connectivity index (χ1v) is 11.7. The summed E-state index contributed by atoms with van der Waals surface area (Å²) in [5.41, 5.74) is 1.71. The number of pyridine rings is 1. The molecule has 7 nitrogen and oxygen atoms in total. The molecular weight excluding hydrogens is 416 g/mol. The van der Waals surface area contributed by atoms with E-state index in [1.165, 1.54) is 24.2 Å². The molecule has 33 heavy (non-hydrogen) atoms. The molecule has 1 aliphatic carbocycles. The Hall–Kier alpha value is -3.35. The second-order valence-corrected chi connectivity index (χ2v) is 9.18. The van der Waals surface area contributed by atoms with E-state index >= 15 is 0 Å². The topological polar surface area (TPSA) is 87.2 Å². The van der Waals surface area contributed by atoms with Gasteiger partial charge in [0.05, 0.1) is 0 Å². The lowest BCUT2D eigenvalue weighted by Gasteiger charge is -2.23. The molecule has 0 spiro atoms. The van der Waals surface area contributed by atoms with Crippen molar-refractivity contribution in [2.45, 2.75) is 45.1 Å². The molecule has 1 fully saturated rings. The summed E-state index contributed by atoms with van der Waals surface area (Å²) < 4.78 is 1.86. The molecule has 174 valence electrons. The first-order valence-electron chi connectivity index (χ1n) is 11.7. The van der Waals surface area contributed by atoms with Gasteiger partial charge in [0.1, 0.15) is 11.1 Å². The normalized spacial score (nSPS) is 14.4. The molecule has 2 aromatic heterocycles. The molecule has 3 aromatic rings. The van der Waals surface area contributed by atoms with Crippen LogP contribution in [0.1, 0.15) is 58.4 Å². The molecule has 0 bridgehead atoms. The van der Waals surface area contributed by atoms with Crippen molar-refractivity contribution in [2.75, 3.05) is 20.6 Å². The number of hydrogen-bond acceptors (Lipinski definition) is 3. The van der Waals surface area contributed by atoms with E-state index in [1.54, 1.807) is 26.5 Å². The van der Waals surface area contributed by atoms with Crippen molar-refractivity contribution in [3.8, 4) is 0 Å². The van der Waals surface area contributed by atoms with Gasteiger partial charge in [0, 0.05) is 56.7 Å². The number of rotatable bonds is 7. The third kappa shape index (κ3) is 5.18. The predicted octanol–water partition coefficient (Wildman–Crippen LogP) is 3.58. The second-order valence-electron chi connectivity index (χ2n) is 9.18. The molecular formula is C26H32N4O3. The fourth-order valence-corrected chi connectivity index (χ4v) is 4.70. The molecule has 0 unspecified atom stereocenters. The molecule has 0 saturated heterocycles. The van der Waals surface area contributed by atoms with Crippen LogP contribution in [0.4, 0.5) is 0 Å². The van der Waals surface area contributed by atoms with Crippen molar-refractivity contribution in [1.29, 1.82) is 0 Å². The fraction of sp³-hybridized carbons (Fsp3) is 0.423. The third-order valence-corrected chi connectivity index (χ3v) is 6.51. The second kappa shape index (κ2) is 10.1. The van der Waals surface area contributed by atoms with Gasteiger partial charge in [0.25, 0.3) is 11.8 Å². The average molecular weight is 449 g/mol. The standard InChI is InChI=1S/C26H32N4O3/c1-29(2)26(33)22-17-30(15-18-8-4-3-5-9-18)16-21(24(22)31)25(32)27-13-12-19-14-28-23-11-7-6-10-20(19)23/h6-7,10-11,14,16-18,28H,3-5,8-9,12-13,15H2,1-2H3,(H,27,32). The summed E-state index contributed by atoms with van der Waals surface area (Å²) >= 11 is 0. The fourth-order valence-electron chi connectivity index (χ4n) is 4.70. The first kappa shape index (κ1) is 22.8. The van der Waals surface area contributed by atoms with Gasteiger partial charge in [0.15, 0.2) is 0 Å². The number of amides is 2. The lowest BCUT2D eigenvalue weighted by Crippen LogP contribution is -2.36. The molecule has 2 N–H and O–H groups in total. The van der Waals surface area contributed by atoms with Crippen LogP contribution in [-0.2, 0) is 13.0 Å². The van der Waals surface area contributed by atoms with Crippen molar-refractivity contribution in [3.05, 3.63) is 69.8 Å². The zero-order valence-corrected chi connectivity index (χ0v) is 19.4. The number of carbonyl (C=O) groups is 2. The number of fused-ring (bicyclic) bond motifs is 1. The number of H-pyrrole nitrogens is 1.